The summed E-state index contributed by atoms with van der Waals surface area (Å²) in [6, 6.07) is 3.02. The summed E-state index contributed by atoms with van der Waals surface area (Å²) in [7, 11) is 0. The molecule has 0 aromatic heterocycles. The number of rotatable bonds is 2. The molecule has 4 heteroatoms. The lowest BCUT2D eigenvalue weighted by molar-refractivity contribution is 0.262. The minimum atomic E-state index is -0.869. The van der Waals surface area contributed by atoms with Crippen LogP contribution in [0.25, 0.3) is 0 Å². The van der Waals surface area contributed by atoms with E-state index in [1.54, 1.807) is 0 Å². The number of aliphatic hydroxyl groups is 1. The van der Waals surface area contributed by atoms with Crippen LogP contribution < -0.4 is 5.73 Å². The number of nitrogens with two attached hydrogens (primary N) is 1. The zero-order valence-electron chi connectivity index (χ0n) is 6.37. The lowest BCUT2D eigenvalue weighted by atomic mass is 10.1. The van der Waals surface area contributed by atoms with Crippen LogP contribution in [0.1, 0.15) is 11.6 Å². The van der Waals surface area contributed by atoms with E-state index in [0.29, 0.717) is 0 Å². The summed E-state index contributed by atoms with van der Waals surface area (Å²) in [5, 5.41) is 17.8. The van der Waals surface area contributed by atoms with Crippen LogP contribution in [0.3, 0.4) is 0 Å². The van der Waals surface area contributed by atoms with Crippen LogP contribution in [0.15, 0.2) is 18.2 Å². The van der Waals surface area contributed by atoms with E-state index in [1.165, 1.54) is 18.2 Å². The third kappa shape index (κ3) is 1.54. The third-order valence-electron chi connectivity index (χ3n) is 1.60. The molecule has 0 saturated carbocycles. The van der Waals surface area contributed by atoms with Gasteiger partial charge in [-0.1, -0.05) is 6.07 Å². The molecule has 3 nitrogen and oxygen atoms in total. The van der Waals surface area contributed by atoms with Gasteiger partial charge in [-0.15, -0.1) is 0 Å². The molecule has 0 saturated heterocycles. The first kappa shape index (κ1) is 8.96. The van der Waals surface area contributed by atoms with Gasteiger partial charge >= 0.3 is 0 Å². The Hall–Kier alpha value is -1.13. The third-order valence-corrected chi connectivity index (χ3v) is 1.60. The minimum absolute atomic E-state index is 0.0417. The molecule has 4 N–H and O–H groups in total. The van der Waals surface area contributed by atoms with Crippen molar-refractivity contribution in [3.8, 4) is 5.75 Å². The molecule has 1 aromatic carbocycles. The average Bonchev–Trinajstić information content (AvgIpc) is 2.03. The molecule has 0 radical (unpaired) electrons. The highest BCUT2D eigenvalue weighted by Gasteiger charge is 2.14. The van der Waals surface area contributed by atoms with Crippen LogP contribution in [0, 0.1) is 5.82 Å². The highest BCUT2D eigenvalue weighted by molar-refractivity contribution is 5.35. The summed E-state index contributed by atoms with van der Waals surface area (Å²) in [5.74, 6) is -0.826. The first-order chi connectivity index (χ1) is 5.66. The minimum Gasteiger partial charge on any atom is -0.507 e. The lowest BCUT2D eigenvalue weighted by Gasteiger charge is -2.10. The van der Waals surface area contributed by atoms with Gasteiger partial charge in [-0.25, -0.2) is 4.39 Å². The number of hydrogen-bond donors (Lipinski definition) is 3. The number of aromatic hydroxyl groups is 1. The van der Waals surface area contributed by atoms with E-state index >= 15 is 0 Å². The Morgan fingerprint density at radius 3 is 2.67 bits per heavy atom. The normalized spacial score (nSPS) is 12.9. The predicted molar refractivity (Wildman–Crippen MR) is 42.1 cm³/mol. The first-order valence-corrected chi connectivity index (χ1v) is 3.50. The fourth-order valence-electron chi connectivity index (χ4n) is 0.984. The van der Waals surface area contributed by atoms with Crippen LogP contribution >= 0.6 is 0 Å². The van der Waals surface area contributed by atoms with Gasteiger partial charge in [0.15, 0.2) is 0 Å². The van der Waals surface area contributed by atoms with E-state index in [0.717, 1.165) is 0 Å². The number of phenolic OH excluding ortho intramolecular Hbond substituents is 1. The molecule has 0 amide bonds. The molecular formula is C8H10FNO2. The Morgan fingerprint density at radius 1 is 1.50 bits per heavy atom. The highest BCUT2D eigenvalue weighted by atomic mass is 19.1. The molecule has 0 aliphatic heterocycles. The fraction of sp³-hybridized carbons (Fsp3) is 0.250. The van der Waals surface area contributed by atoms with Crippen molar-refractivity contribution in [2.45, 2.75) is 6.04 Å². The standard InChI is InChI=1S/C8H10FNO2/c9-5-2-1-3-7(12)8(5)6(10)4-11/h1-3,6,11-12H,4,10H2/t6-/m1/s1. The van der Waals surface area contributed by atoms with E-state index in [1.807, 2.05) is 0 Å². The molecule has 1 aromatic rings. The monoisotopic (exact) mass is 171 g/mol. The van der Waals surface area contributed by atoms with E-state index < -0.39 is 18.5 Å². The summed E-state index contributed by atoms with van der Waals surface area (Å²) < 4.78 is 12.9. The second kappa shape index (κ2) is 3.51. The van der Waals surface area contributed by atoms with E-state index in [-0.39, 0.29) is 11.3 Å². The number of benzene rings is 1. The quantitative estimate of drug-likeness (QED) is 0.607. The Labute approximate surface area is 69.3 Å². The number of hydrogen-bond acceptors (Lipinski definition) is 3. The van der Waals surface area contributed by atoms with Crippen molar-refractivity contribution >= 4 is 0 Å². The topological polar surface area (TPSA) is 66.5 Å². The van der Waals surface area contributed by atoms with Gasteiger partial charge in [0.2, 0.25) is 0 Å². The summed E-state index contributed by atoms with van der Waals surface area (Å²) in [6.07, 6.45) is 0. The maximum absolute atomic E-state index is 12.9. The average molecular weight is 171 g/mol. The molecule has 66 valence electrons. The van der Waals surface area contributed by atoms with Gasteiger partial charge in [-0.3, -0.25) is 0 Å². The van der Waals surface area contributed by atoms with Crippen molar-refractivity contribution in [3.05, 3.63) is 29.6 Å². The number of phenols is 1. The fourth-order valence-corrected chi connectivity index (χ4v) is 0.984. The van der Waals surface area contributed by atoms with Crippen LogP contribution in [-0.4, -0.2) is 16.8 Å². The second-order valence-electron chi connectivity index (χ2n) is 2.46. The smallest absolute Gasteiger partial charge is 0.131 e. The molecular weight excluding hydrogens is 161 g/mol. The van der Waals surface area contributed by atoms with Crippen LogP contribution in [0.2, 0.25) is 0 Å². The predicted octanol–water partition coefficient (Wildman–Crippen LogP) is 0.523. The molecule has 1 rings (SSSR count). The van der Waals surface area contributed by atoms with Gasteiger partial charge in [0.1, 0.15) is 11.6 Å². The van der Waals surface area contributed by atoms with Crippen molar-refractivity contribution in [3.63, 3.8) is 0 Å². The Kier molecular flexibility index (Phi) is 2.62. The highest BCUT2D eigenvalue weighted by Crippen LogP contribution is 2.24. The summed E-state index contributed by atoms with van der Waals surface area (Å²) >= 11 is 0. The van der Waals surface area contributed by atoms with Crippen molar-refractivity contribution in [1.29, 1.82) is 0 Å². The summed E-state index contributed by atoms with van der Waals surface area (Å²) in [5.41, 5.74) is 5.30. The van der Waals surface area contributed by atoms with Crippen LogP contribution in [-0.2, 0) is 0 Å². The zero-order valence-corrected chi connectivity index (χ0v) is 6.37. The van der Waals surface area contributed by atoms with E-state index in [2.05, 4.69) is 0 Å². The van der Waals surface area contributed by atoms with Crippen molar-refractivity contribution in [2.24, 2.45) is 5.73 Å². The lowest BCUT2D eigenvalue weighted by Crippen LogP contribution is -2.16. The summed E-state index contributed by atoms with van der Waals surface area (Å²) in [4.78, 5) is 0. The number of aliphatic hydroxyl groups excluding tert-OH is 1. The van der Waals surface area contributed by atoms with Gasteiger partial charge in [0.25, 0.3) is 0 Å². The molecule has 0 aliphatic carbocycles. The Bertz CT molecular complexity index is 258. The van der Waals surface area contributed by atoms with Gasteiger partial charge in [0, 0.05) is 5.56 Å². The first-order valence-electron chi connectivity index (χ1n) is 3.50. The van der Waals surface area contributed by atoms with Crippen LogP contribution in [0.4, 0.5) is 4.39 Å². The largest absolute Gasteiger partial charge is 0.507 e. The van der Waals surface area contributed by atoms with E-state index in [4.69, 9.17) is 15.9 Å². The van der Waals surface area contributed by atoms with E-state index in [9.17, 15) is 4.39 Å². The zero-order chi connectivity index (χ0) is 9.14. The van der Waals surface area contributed by atoms with Gasteiger partial charge in [-0.2, -0.15) is 0 Å². The molecule has 0 unspecified atom stereocenters. The molecule has 0 fully saturated rings. The molecule has 1 atom stereocenters. The molecule has 0 aliphatic rings. The second-order valence-corrected chi connectivity index (χ2v) is 2.46. The number of halogens is 1. The Balaban J connectivity index is 3.12. The molecule has 0 spiro atoms. The van der Waals surface area contributed by atoms with Gasteiger partial charge in [-0.05, 0) is 12.1 Å². The Morgan fingerprint density at radius 2 is 2.17 bits per heavy atom. The van der Waals surface area contributed by atoms with Crippen molar-refractivity contribution in [2.75, 3.05) is 6.61 Å². The maximum Gasteiger partial charge on any atom is 0.131 e. The van der Waals surface area contributed by atoms with Gasteiger partial charge < -0.3 is 15.9 Å². The van der Waals surface area contributed by atoms with Crippen LogP contribution in [0.5, 0.6) is 5.75 Å². The van der Waals surface area contributed by atoms with Crippen molar-refractivity contribution in [1.82, 2.24) is 0 Å². The molecule has 0 bridgehead atoms. The van der Waals surface area contributed by atoms with Gasteiger partial charge in [0.05, 0.1) is 12.6 Å². The SMILES string of the molecule is N[C@H](CO)c1c(O)cccc1F. The summed E-state index contributed by atoms with van der Waals surface area (Å²) in [6.45, 7) is -0.394. The van der Waals surface area contributed by atoms with Crippen molar-refractivity contribution < 1.29 is 14.6 Å². The molecule has 0 heterocycles. The maximum atomic E-state index is 12.9. The molecule has 12 heavy (non-hydrogen) atoms.